The number of aliphatic carboxylic acids is 1. The molecule has 5 nitrogen and oxygen atoms in total. The quantitative estimate of drug-likeness (QED) is 0.258. The van der Waals surface area contributed by atoms with Crippen LogP contribution in [0.2, 0.25) is 0 Å². The second-order valence-corrected chi connectivity index (χ2v) is 11.3. The van der Waals surface area contributed by atoms with Gasteiger partial charge in [0.2, 0.25) is 5.91 Å². The van der Waals surface area contributed by atoms with Crippen LogP contribution in [-0.2, 0) is 34.8 Å². The second-order valence-electron chi connectivity index (χ2n) is 10.2. The minimum Gasteiger partial charge on any atom is -0.481 e. The Morgan fingerprint density at radius 1 is 1.14 bits per heavy atom. The van der Waals surface area contributed by atoms with Crippen LogP contribution in [0.15, 0.2) is 36.4 Å². The van der Waals surface area contributed by atoms with Gasteiger partial charge in [0.15, 0.2) is 5.78 Å². The summed E-state index contributed by atoms with van der Waals surface area (Å²) in [6.45, 7) is 4.70. The zero-order chi connectivity index (χ0) is 26.7. The monoisotopic (exact) mass is 529 g/mol. The van der Waals surface area contributed by atoms with E-state index in [2.05, 4.69) is 11.9 Å². The number of fused-ring (bicyclic) bond motifs is 1. The highest BCUT2D eigenvalue weighted by Crippen LogP contribution is 2.41. The number of carboxylic acid groups (broad SMARTS) is 1. The molecule has 0 spiro atoms. The molecule has 198 valence electrons. The number of Topliss-reactive ketones (excluding diaryl/α,β-unsaturated/α-hetero) is 1. The summed E-state index contributed by atoms with van der Waals surface area (Å²) in [4.78, 5) is 39.2. The van der Waals surface area contributed by atoms with E-state index in [4.69, 9.17) is 0 Å². The molecule has 37 heavy (non-hydrogen) atoms. The number of anilines is 1. The molecule has 2 N–H and O–H groups in total. The van der Waals surface area contributed by atoms with Gasteiger partial charge in [0, 0.05) is 16.9 Å². The fraction of sp³-hybridized carbons (Fsp3) is 0.483. The van der Waals surface area contributed by atoms with Gasteiger partial charge in [-0.3, -0.25) is 14.4 Å². The van der Waals surface area contributed by atoms with Crippen LogP contribution < -0.4 is 5.32 Å². The molecule has 1 heterocycles. The maximum Gasteiger partial charge on any atom is 0.307 e. The molecule has 2 aromatic rings. The first-order chi connectivity index (χ1) is 17.6. The van der Waals surface area contributed by atoms with Gasteiger partial charge < -0.3 is 10.4 Å². The molecule has 0 radical (unpaired) electrons. The maximum absolute atomic E-state index is 14.4. The van der Waals surface area contributed by atoms with Crippen LogP contribution in [0.5, 0.6) is 0 Å². The van der Waals surface area contributed by atoms with Crippen molar-refractivity contribution in [2.45, 2.75) is 77.1 Å². The number of alkyl halides is 2. The summed E-state index contributed by atoms with van der Waals surface area (Å²) in [6, 6.07) is 6.22. The van der Waals surface area contributed by atoms with Crippen molar-refractivity contribution in [2.24, 2.45) is 11.8 Å². The van der Waals surface area contributed by atoms with Crippen LogP contribution in [-0.4, -0.2) is 22.8 Å². The molecule has 0 aliphatic heterocycles. The Hall–Kier alpha value is -2.87. The Morgan fingerprint density at radius 2 is 1.86 bits per heavy atom. The highest BCUT2D eigenvalue weighted by atomic mass is 32.1. The van der Waals surface area contributed by atoms with E-state index in [1.165, 1.54) is 30.4 Å². The molecule has 4 rings (SSSR count). The van der Waals surface area contributed by atoms with E-state index in [1.807, 2.05) is 0 Å². The van der Waals surface area contributed by atoms with E-state index in [0.717, 1.165) is 48.1 Å². The summed E-state index contributed by atoms with van der Waals surface area (Å²) in [7, 11) is 0. The Morgan fingerprint density at radius 3 is 2.57 bits per heavy atom. The molecular weight excluding hydrogens is 496 g/mol. The number of carbonyl (C=O) groups excluding carboxylic acids is 2. The van der Waals surface area contributed by atoms with E-state index in [0.29, 0.717) is 36.2 Å². The molecule has 1 fully saturated rings. The number of carboxylic acids is 1. The topological polar surface area (TPSA) is 83.5 Å². The molecule has 2 unspecified atom stereocenters. The third kappa shape index (κ3) is 5.84. The number of allylic oxidation sites excluding steroid dienone is 1. The van der Waals surface area contributed by atoms with Gasteiger partial charge in [-0.1, -0.05) is 37.6 Å². The summed E-state index contributed by atoms with van der Waals surface area (Å²) in [5, 5.41) is 13.0. The number of hydrogen-bond acceptors (Lipinski definition) is 4. The van der Waals surface area contributed by atoms with E-state index >= 15 is 0 Å². The largest absolute Gasteiger partial charge is 0.481 e. The third-order valence-electron chi connectivity index (χ3n) is 7.55. The number of aryl methyl sites for hydroxylation is 2. The summed E-state index contributed by atoms with van der Waals surface area (Å²) < 4.78 is 28.7. The number of amides is 1. The van der Waals surface area contributed by atoms with Crippen LogP contribution in [0.25, 0.3) is 0 Å². The van der Waals surface area contributed by atoms with Gasteiger partial charge in [-0.25, -0.2) is 0 Å². The van der Waals surface area contributed by atoms with E-state index in [-0.39, 0.29) is 29.2 Å². The molecule has 8 heteroatoms. The van der Waals surface area contributed by atoms with E-state index < -0.39 is 23.7 Å². The highest BCUT2D eigenvalue weighted by molar-refractivity contribution is 7.17. The molecule has 1 aromatic heterocycles. The van der Waals surface area contributed by atoms with Crippen molar-refractivity contribution in [1.82, 2.24) is 0 Å². The lowest BCUT2D eigenvalue weighted by atomic mass is 9.78. The number of benzene rings is 1. The van der Waals surface area contributed by atoms with Gasteiger partial charge in [-0.2, -0.15) is 8.78 Å². The summed E-state index contributed by atoms with van der Waals surface area (Å²) in [6.07, 6.45) is 6.42. The smallest absolute Gasteiger partial charge is 0.307 e. The normalized spacial score (nSPS) is 19.3. The molecule has 0 bridgehead atoms. The first-order valence-corrected chi connectivity index (χ1v) is 13.8. The lowest BCUT2D eigenvalue weighted by Crippen LogP contribution is -2.36. The number of nitrogens with one attached hydrogen (secondary N) is 1. The first kappa shape index (κ1) is 27.2. The fourth-order valence-electron chi connectivity index (χ4n) is 5.48. The van der Waals surface area contributed by atoms with Gasteiger partial charge in [0.1, 0.15) is 5.00 Å². The molecule has 2 aliphatic rings. The standard InChI is InChI=1S/C29H33F2NO4S/c1-17(2)29(30,31)19-10-5-8-18(16-19)9-6-14-23(33)25-22-13-7-15-24(22)37-27(25)32-26(34)20-11-3-4-12-21(20)28(35)36/h5,8,10,16,20-21H,1,3-4,6-7,9,11-15H2,2H3,(H,32,34)(H,35,36). The predicted molar refractivity (Wildman–Crippen MR) is 140 cm³/mol. The lowest BCUT2D eigenvalue weighted by molar-refractivity contribution is -0.147. The summed E-state index contributed by atoms with van der Waals surface area (Å²) >= 11 is 1.42. The summed E-state index contributed by atoms with van der Waals surface area (Å²) in [5.41, 5.74) is 1.95. The number of carbonyl (C=O) groups is 3. The lowest BCUT2D eigenvalue weighted by Gasteiger charge is -2.27. The SMILES string of the molecule is C=C(C)C(F)(F)c1cccc(CCCC(=O)c2c(NC(=O)C3CCCCC3C(=O)O)sc3c2CCC3)c1. The molecule has 1 saturated carbocycles. The molecule has 1 amide bonds. The van der Waals surface area contributed by atoms with Crippen molar-refractivity contribution in [3.8, 4) is 0 Å². The second kappa shape index (κ2) is 11.3. The number of rotatable bonds is 10. The fourth-order valence-corrected chi connectivity index (χ4v) is 6.79. The van der Waals surface area contributed by atoms with E-state index in [1.54, 1.807) is 12.1 Å². The van der Waals surface area contributed by atoms with Gasteiger partial charge in [-0.05, 0) is 74.6 Å². The van der Waals surface area contributed by atoms with Gasteiger partial charge in [0.05, 0.1) is 17.4 Å². The average molecular weight is 530 g/mol. The number of ketones is 1. The molecule has 1 aromatic carbocycles. The molecule has 2 atom stereocenters. The Balaban J connectivity index is 1.45. The van der Waals surface area contributed by atoms with Crippen LogP contribution in [0.1, 0.15) is 83.8 Å². The van der Waals surface area contributed by atoms with Crippen molar-refractivity contribution in [1.29, 1.82) is 0 Å². The van der Waals surface area contributed by atoms with Crippen molar-refractivity contribution < 1.29 is 28.3 Å². The van der Waals surface area contributed by atoms with Gasteiger partial charge in [-0.15, -0.1) is 11.3 Å². The van der Waals surface area contributed by atoms with Crippen molar-refractivity contribution in [3.05, 3.63) is 63.5 Å². The zero-order valence-electron chi connectivity index (χ0n) is 21.1. The molecular formula is C29H33F2NO4S. The summed E-state index contributed by atoms with van der Waals surface area (Å²) in [5.74, 6) is -5.75. The van der Waals surface area contributed by atoms with Crippen molar-refractivity contribution in [2.75, 3.05) is 5.32 Å². The van der Waals surface area contributed by atoms with Crippen LogP contribution in [0.4, 0.5) is 13.8 Å². The van der Waals surface area contributed by atoms with Crippen molar-refractivity contribution in [3.63, 3.8) is 0 Å². The molecule has 2 aliphatic carbocycles. The highest BCUT2D eigenvalue weighted by Gasteiger charge is 2.37. The van der Waals surface area contributed by atoms with Crippen LogP contribution >= 0.6 is 11.3 Å². The van der Waals surface area contributed by atoms with Crippen molar-refractivity contribution >= 4 is 34.0 Å². The number of hydrogen-bond donors (Lipinski definition) is 2. The van der Waals surface area contributed by atoms with E-state index in [9.17, 15) is 28.3 Å². The minimum atomic E-state index is -3.10. The number of halogens is 2. The Labute approximate surface area is 220 Å². The Bertz CT molecular complexity index is 1220. The van der Waals surface area contributed by atoms with Gasteiger partial charge in [0.25, 0.3) is 5.92 Å². The maximum atomic E-state index is 14.4. The minimum absolute atomic E-state index is 0.0726. The van der Waals surface area contributed by atoms with Crippen LogP contribution in [0.3, 0.4) is 0 Å². The number of thiophene rings is 1. The van der Waals surface area contributed by atoms with Crippen LogP contribution in [0, 0.1) is 11.8 Å². The average Bonchev–Trinajstić information content (AvgIpc) is 3.45. The predicted octanol–water partition coefficient (Wildman–Crippen LogP) is 6.94. The third-order valence-corrected chi connectivity index (χ3v) is 8.76. The zero-order valence-corrected chi connectivity index (χ0v) is 21.9. The molecule has 0 saturated heterocycles. The Kier molecular flexibility index (Phi) is 8.26. The first-order valence-electron chi connectivity index (χ1n) is 12.9. The van der Waals surface area contributed by atoms with Gasteiger partial charge >= 0.3 is 5.97 Å².